The molecule has 2 N–H and O–H groups in total. The van der Waals surface area contributed by atoms with Crippen molar-refractivity contribution in [3.63, 3.8) is 0 Å². The predicted octanol–water partition coefficient (Wildman–Crippen LogP) is 2.22. The number of nitrogens with one attached hydrogen (secondary N) is 2. The molecular formula is C18H16ClN3O4. The van der Waals surface area contributed by atoms with Gasteiger partial charge in [-0.2, -0.15) is 5.01 Å². The number of halogens is 1. The van der Waals surface area contributed by atoms with E-state index in [1.165, 1.54) is 0 Å². The van der Waals surface area contributed by atoms with Gasteiger partial charge < -0.3 is 10.1 Å². The van der Waals surface area contributed by atoms with E-state index >= 15 is 0 Å². The smallest absolute Gasteiger partial charge is 0.344 e. The van der Waals surface area contributed by atoms with E-state index in [0.717, 1.165) is 0 Å². The fraction of sp³-hybridized carbons (Fsp3) is 0.167. The average Bonchev–Trinajstić information content (AvgIpc) is 2.86. The first-order valence-electron chi connectivity index (χ1n) is 7.80. The van der Waals surface area contributed by atoms with Crippen molar-refractivity contribution in [2.45, 2.75) is 12.5 Å². The fourth-order valence-electron chi connectivity index (χ4n) is 2.54. The van der Waals surface area contributed by atoms with E-state index in [1.807, 2.05) is 6.07 Å². The summed E-state index contributed by atoms with van der Waals surface area (Å²) in [5.74, 6) is -0.773. The molecule has 1 aliphatic rings. The van der Waals surface area contributed by atoms with Crippen LogP contribution in [-0.2, 0) is 15.1 Å². The number of rotatable bonds is 5. The van der Waals surface area contributed by atoms with Gasteiger partial charge in [0.15, 0.2) is 6.61 Å². The summed E-state index contributed by atoms with van der Waals surface area (Å²) in [6.07, 6.45) is 0. The van der Waals surface area contributed by atoms with Gasteiger partial charge >= 0.3 is 6.03 Å². The lowest BCUT2D eigenvalue weighted by Crippen LogP contribution is -2.49. The molecule has 1 atom stereocenters. The largest absolute Gasteiger partial charge is 0.484 e. The van der Waals surface area contributed by atoms with E-state index in [1.54, 1.807) is 55.5 Å². The number of hydrogen-bond acceptors (Lipinski definition) is 4. The van der Waals surface area contributed by atoms with Crippen LogP contribution < -0.4 is 15.5 Å². The van der Waals surface area contributed by atoms with Crippen molar-refractivity contribution in [2.75, 3.05) is 6.61 Å². The van der Waals surface area contributed by atoms with E-state index in [2.05, 4.69) is 10.7 Å². The van der Waals surface area contributed by atoms with Gasteiger partial charge in [0, 0.05) is 5.02 Å². The second-order valence-corrected chi connectivity index (χ2v) is 6.28. The summed E-state index contributed by atoms with van der Waals surface area (Å²) in [6.45, 7) is 1.22. The minimum absolute atomic E-state index is 0.360. The van der Waals surface area contributed by atoms with Gasteiger partial charge in [-0.3, -0.25) is 15.0 Å². The number of hydrazine groups is 1. The van der Waals surface area contributed by atoms with Crippen LogP contribution in [0.4, 0.5) is 4.79 Å². The molecule has 26 heavy (non-hydrogen) atoms. The lowest BCUT2D eigenvalue weighted by Gasteiger charge is -2.22. The van der Waals surface area contributed by atoms with Crippen molar-refractivity contribution in [3.8, 4) is 5.75 Å². The molecule has 134 valence electrons. The van der Waals surface area contributed by atoms with E-state index in [9.17, 15) is 14.4 Å². The van der Waals surface area contributed by atoms with E-state index < -0.39 is 23.4 Å². The Morgan fingerprint density at radius 3 is 2.46 bits per heavy atom. The fourth-order valence-corrected chi connectivity index (χ4v) is 2.67. The normalized spacial score (nSPS) is 19.2. The summed E-state index contributed by atoms with van der Waals surface area (Å²) < 4.78 is 5.30. The van der Waals surface area contributed by atoms with Gasteiger partial charge in [0.05, 0.1) is 0 Å². The highest BCUT2D eigenvalue weighted by Gasteiger charge is 2.49. The van der Waals surface area contributed by atoms with Crippen LogP contribution in [0.2, 0.25) is 5.02 Å². The van der Waals surface area contributed by atoms with Crippen LogP contribution >= 0.6 is 11.6 Å². The molecule has 7 nitrogen and oxygen atoms in total. The van der Waals surface area contributed by atoms with Crippen LogP contribution in [0.1, 0.15) is 12.5 Å². The van der Waals surface area contributed by atoms with Crippen LogP contribution in [0.25, 0.3) is 0 Å². The first-order valence-corrected chi connectivity index (χ1v) is 8.18. The molecule has 0 unspecified atom stereocenters. The number of ether oxygens (including phenoxy) is 1. The Balaban J connectivity index is 1.64. The molecule has 8 heteroatoms. The number of nitrogens with zero attached hydrogens (tertiary/aromatic N) is 1. The molecule has 3 rings (SSSR count). The van der Waals surface area contributed by atoms with Crippen molar-refractivity contribution in [1.29, 1.82) is 0 Å². The van der Waals surface area contributed by atoms with Crippen molar-refractivity contribution in [3.05, 3.63) is 65.2 Å². The SMILES string of the molecule is C[C@]1(c2ccccc2)NC(=O)N(NC(=O)COc2ccc(Cl)cc2)C1=O. The lowest BCUT2D eigenvalue weighted by molar-refractivity contribution is -0.139. The predicted molar refractivity (Wildman–Crippen MR) is 94.3 cm³/mol. The standard InChI is InChI=1S/C18H16ClN3O4/c1-18(12-5-3-2-4-6-12)16(24)22(17(25)20-18)21-15(23)11-26-14-9-7-13(19)8-10-14/h2-10H,11H2,1H3,(H,20,25)(H,21,23)/t18-/m1/s1. The van der Waals surface area contributed by atoms with Gasteiger partial charge in [0.1, 0.15) is 11.3 Å². The Morgan fingerprint density at radius 1 is 1.15 bits per heavy atom. The highest BCUT2D eigenvalue weighted by Crippen LogP contribution is 2.27. The maximum atomic E-state index is 12.7. The molecule has 0 spiro atoms. The maximum Gasteiger partial charge on any atom is 0.344 e. The number of hydrogen-bond donors (Lipinski definition) is 2. The van der Waals surface area contributed by atoms with Crippen LogP contribution in [0.15, 0.2) is 54.6 Å². The zero-order valence-corrected chi connectivity index (χ0v) is 14.6. The molecule has 2 aromatic rings. The molecule has 1 saturated heterocycles. The monoisotopic (exact) mass is 373 g/mol. The topological polar surface area (TPSA) is 87.7 Å². The molecule has 4 amide bonds. The lowest BCUT2D eigenvalue weighted by atomic mass is 9.92. The molecule has 0 saturated carbocycles. The van der Waals surface area contributed by atoms with E-state index in [-0.39, 0.29) is 6.61 Å². The van der Waals surface area contributed by atoms with Gasteiger partial charge in [-0.05, 0) is 36.8 Å². The Kier molecular flexibility index (Phi) is 4.81. The Hall–Kier alpha value is -3.06. The quantitative estimate of drug-likeness (QED) is 0.787. The number of amides is 4. The third-order valence-corrected chi connectivity index (χ3v) is 4.21. The highest BCUT2D eigenvalue weighted by molar-refractivity contribution is 6.30. The van der Waals surface area contributed by atoms with Crippen molar-refractivity contribution >= 4 is 29.4 Å². The number of imide groups is 1. The molecule has 0 bridgehead atoms. The van der Waals surface area contributed by atoms with Crippen molar-refractivity contribution in [2.24, 2.45) is 0 Å². The van der Waals surface area contributed by atoms with Gasteiger partial charge in [0.2, 0.25) is 0 Å². The molecule has 1 fully saturated rings. The third-order valence-electron chi connectivity index (χ3n) is 3.96. The molecule has 0 aliphatic carbocycles. The molecule has 0 radical (unpaired) electrons. The Bertz CT molecular complexity index is 841. The zero-order valence-electron chi connectivity index (χ0n) is 13.9. The third kappa shape index (κ3) is 3.48. The van der Waals surface area contributed by atoms with Crippen LogP contribution in [0, 0.1) is 0 Å². The van der Waals surface area contributed by atoms with Crippen LogP contribution in [0.5, 0.6) is 5.75 Å². The Morgan fingerprint density at radius 2 is 1.81 bits per heavy atom. The zero-order chi connectivity index (χ0) is 18.7. The van der Waals surface area contributed by atoms with Crippen molar-refractivity contribution < 1.29 is 19.1 Å². The maximum absolute atomic E-state index is 12.7. The summed E-state index contributed by atoms with van der Waals surface area (Å²) in [5.41, 5.74) is 1.64. The summed E-state index contributed by atoms with van der Waals surface area (Å²) >= 11 is 5.77. The summed E-state index contributed by atoms with van der Waals surface area (Å²) in [6, 6.07) is 14.5. The molecule has 0 aromatic heterocycles. The first kappa shape index (κ1) is 17.8. The Labute approximate surface area is 154 Å². The second-order valence-electron chi connectivity index (χ2n) is 5.84. The summed E-state index contributed by atoms with van der Waals surface area (Å²) in [5, 5.41) is 3.81. The second kappa shape index (κ2) is 7.05. The first-order chi connectivity index (χ1) is 12.4. The minimum Gasteiger partial charge on any atom is -0.484 e. The summed E-state index contributed by atoms with van der Waals surface area (Å²) in [7, 11) is 0. The van der Waals surface area contributed by atoms with Gasteiger partial charge in [0.25, 0.3) is 11.8 Å². The van der Waals surface area contributed by atoms with Gasteiger partial charge in [-0.15, -0.1) is 0 Å². The molecule has 1 aliphatic heterocycles. The molecular weight excluding hydrogens is 358 g/mol. The minimum atomic E-state index is -1.25. The number of carbonyl (C=O) groups is 3. The van der Waals surface area contributed by atoms with Crippen molar-refractivity contribution in [1.82, 2.24) is 15.8 Å². The summed E-state index contributed by atoms with van der Waals surface area (Å²) in [4.78, 5) is 36.8. The van der Waals surface area contributed by atoms with Crippen LogP contribution in [-0.4, -0.2) is 29.5 Å². The average molecular weight is 374 g/mol. The number of carbonyl (C=O) groups excluding carboxylic acids is 3. The number of urea groups is 1. The van der Waals surface area contributed by atoms with Gasteiger partial charge in [-0.25, -0.2) is 4.79 Å². The van der Waals surface area contributed by atoms with Crippen LogP contribution in [0.3, 0.4) is 0 Å². The highest BCUT2D eigenvalue weighted by atomic mass is 35.5. The van der Waals surface area contributed by atoms with Gasteiger partial charge in [-0.1, -0.05) is 41.9 Å². The van der Waals surface area contributed by atoms with E-state index in [4.69, 9.17) is 16.3 Å². The van der Waals surface area contributed by atoms with E-state index in [0.29, 0.717) is 21.3 Å². The molecule has 1 heterocycles. The number of benzene rings is 2. The molecule has 2 aromatic carbocycles.